The number of nitrogens with zero attached hydrogens (tertiary/aromatic N) is 1. The van der Waals surface area contributed by atoms with Crippen LogP contribution >= 0.6 is 0 Å². The maximum atomic E-state index is 10.4. The number of pyridine rings is 1. The first-order valence-corrected chi connectivity index (χ1v) is 7.60. The van der Waals surface area contributed by atoms with Crippen molar-refractivity contribution in [2.24, 2.45) is 0 Å². The Labute approximate surface area is 131 Å². The van der Waals surface area contributed by atoms with E-state index in [9.17, 15) is 4.79 Å². The molecular weight excluding hydrogens is 276 g/mol. The highest BCUT2D eigenvalue weighted by molar-refractivity contribution is 5.47. The third-order valence-electron chi connectivity index (χ3n) is 3.45. The third-order valence-corrected chi connectivity index (χ3v) is 3.45. The molecule has 1 aromatic rings. The number of allylic oxidation sites excluding steroid dienone is 4. The van der Waals surface area contributed by atoms with Gasteiger partial charge in [-0.05, 0) is 48.6 Å². The van der Waals surface area contributed by atoms with E-state index in [0.29, 0.717) is 13.2 Å². The molecule has 0 bridgehead atoms. The summed E-state index contributed by atoms with van der Waals surface area (Å²) in [4.78, 5) is 14.7. The number of hydrogen-bond acceptors (Lipinski definition) is 3. The fourth-order valence-electron chi connectivity index (χ4n) is 2.23. The van der Waals surface area contributed by atoms with Crippen molar-refractivity contribution in [3.05, 3.63) is 65.2 Å². The van der Waals surface area contributed by atoms with Gasteiger partial charge in [0.25, 0.3) is 0 Å². The molecule has 0 fully saturated rings. The molecule has 116 valence electrons. The molecule has 22 heavy (non-hydrogen) atoms. The Balaban J connectivity index is 2.02. The summed E-state index contributed by atoms with van der Waals surface area (Å²) in [6.07, 6.45) is 15.4. The van der Waals surface area contributed by atoms with Crippen molar-refractivity contribution in [2.45, 2.75) is 32.8 Å². The second-order valence-corrected chi connectivity index (χ2v) is 5.18. The zero-order valence-electron chi connectivity index (χ0n) is 12.9. The predicted octanol–water partition coefficient (Wildman–Crippen LogP) is 3.07. The summed E-state index contributed by atoms with van der Waals surface area (Å²) in [6.45, 7) is 3.16. The first-order chi connectivity index (χ1) is 10.8. The van der Waals surface area contributed by atoms with E-state index in [1.807, 2.05) is 30.6 Å². The SMILES string of the molecule is CCc1cncc(COC2=C/C=C\CC/C(CNC=O)=C\2)c1. The van der Waals surface area contributed by atoms with Gasteiger partial charge in [-0.2, -0.15) is 0 Å². The molecule has 0 atom stereocenters. The molecule has 1 aliphatic carbocycles. The van der Waals surface area contributed by atoms with Crippen molar-refractivity contribution in [1.82, 2.24) is 10.3 Å². The molecule has 1 heterocycles. The minimum atomic E-state index is 0.491. The number of hydrogen-bond donors (Lipinski definition) is 1. The zero-order valence-corrected chi connectivity index (χ0v) is 12.9. The Bertz CT molecular complexity index is 589. The van der Waals surface area contributed by atoms with Crippen molar-refractivity contribution in [3.63, 3.8) is 0 Å². The molecular formula is C18H22N2O2. The number of carbonyl (C=O) groups excluding carboxylic acids is 1. The molecule has 1 aromatic heterocycles. The Morgan fingerprint density at radius 3 is 3.05 bits per heavy atom. The van der Waals surface area contributed by atoms with Crippen LogP contribution in [-0.2, 0) is 22.6 Å². The molecule has 0 saturated carbocycles. The number of aryl methyl sites for hydroxylation is 1. The van der Waals surface area contributed by atoms with Crippen LogP contribution in [0.15, 0.2) is 54.1 Å². The Hall–Kier alpha value is -2.36. The monoisotopic (exact) mass is 298 g/mol. The summed E-state index contributed by atoms with van der Waals surface area (Å²) >= 11 is 0. The number of nitrogens with one attached hydrogen (secondary N) is 1. The van der Waals surface area contributed by atoms with Gasteiger partial charge in [-0.25, -0.2) is 0 Å². The maximum absolute atomic E-state index is 10.4. The van der Waals surface area contributed by atoms with E-state index < -0.39 is 0 Å². The summed E-state index contributed by atoms with van der Waals surface area (Å²) in [7, 11) is 0. The summed E-state index contributed by atoms with van der Waals surface area (Å²) < 4.78 is 5.89. The maximum Gasteiger partial charge on any atom is 0.207 e. The summed E-state index contributed by atoms with van der Waals surface area (Å²) in [5.74, 6) is 0.806. The van der Waals surface area contributed by atoms with Crippen LogP contribution in [0.1, 0.15) is 30.9 Å². The first kappa shape index (κ1) is 16.0. The average Bonchev–Trinajstić information content (AvgIpc) is 2.53. The van der Waals surface area contributed by atoms with Gasteiger partial charge in [0.05, 0.1) is 0 Å². The molecule has 0 aliphatic heterocycles. The van der Waals surface area contributed by atoms with Crippen LogP contribution in [0.4, 0.5) is 0 Å². The molecule has 0 aromatic carbocycles. The van der Waals surface area contributed by atoms with Gasteiger partial charge in [0.1, 0.15) is 12.4 Å². The average molecular weight is 298 g/mol. The normalized spacial score (nSPS) is 20.6. The van der Waals surface area contributed by atoms with Crippen molar-refractivity contribution < 1.29 is 9.53 Å². The molecule has 0 spiro atoms. The molecule has 0 saturated heterocycles. The molecule has 1 amide bonds. The Morgan fingerprint density at radius 2 is 2.23 bits per heavy atom. The lowest BCUT2D eigenvalue weighted by molar-refractivity contribution is -0.109. The minimum Gasteiger partial charge on any atom is -0.489 e. The zero-order chi connectivity index (χ0) is 15.6. The highest BCUT2D eigenvalue weighted by atomic mass is 16.5. The lowest BCUT2D eigenvalue weighted by Gasteiger charge is -2.12. The largest absolute Gasteiger partial charge is 0.489 e. The standard InChI is InChI=1S/C18H22N2O2/c1-2-15-8-17(12-19-10-15)13-22-18-7-5-3-4-6-16(9-18)11-20-14-21/h3,5,7-10,12,14H,2,4,6,11,13H2,1H3,(H,20,21)/b5-3-,16-9+,18-7+. The summed E-state index contributed by atoms with van der Waals surface area (Å²) in [6, 6.07) is 2.12. The second-order valence-electron chi connectivity index (χ2n) is 5.18. The van der Waals surface area contributed by atoms with Gasteiger partial charge in [-0.1, -0.05) is 19.1 Å². The van der Waals surface area contributed by atoms with Crippen molar-refractivity contribution >= 4 is 6.41 Å². The number of amides is 1. The van der Waals surface area contributed by atoms with E-state index in [2.05, 4.69) is 29.4 Å². The van der Waals surface area contributed by atoms with Gasteiger partial charge in [0.15, 0.2) is 0 Å². The molecule has 1 N–H and O–H groups in total. The van der Waals surface area contributed by atoms with Crippen LogP contribution in [0.2, 0.25) is 0 Å². The topological polar surface area (TPSA) is 51.2 Å². The molecule has 0 radical (unpaired) electrons. The van der Waals surface area contributed by atoms with E-state index in [1.165, 1.54) is 5.56 Å². The smallest absolute Gasteiger partial charge is 0.207 e. The molecule has 4 nitrogen and oxygen atoms in total. The number of aromatic nitrogens is 1. The Morgan fingerprint density at radius 1 is 1.36 bits per heavy atom. The minimum absolute atomic E-state index is 0.491. The fraction of sp³-hybridized carbons (Fsp3) is 0.333. The van der Waals surface area contributed by atoms with Crippen LogP contribution in [0, 0.1) is 0 Å². The lowest BCUT2D eigenvalue weighted by Crippen LogP contribution is -2.15. The van der Waals surface area contributed by atoms with Crippen LogP contribution in [0.3, 0.4) is 0 Å². The van der Waals surface area contributed by atoms with Crippen LogP contribution in [-0.4, -0.2) is 17.9 Å². The van der Waals surface area contributed by atoms with E-state index in [4.69, 9.17) is 4.74 Å². The van der Waals surface area contributed by atoms with Crippen molar-refractivity contribution in [3.8, 4) is 0 Å². The number of carbonyl (C=O) groups is 1. The van der Waals surface area contributed by atoms with Crippen LogP contribution in [0.25, 0.3) is 0 Å². The molecule has 0 unspecified atom stereocenters. The highest BCUT2D eigenvalue weighted by Crippen LogP contribution is 2.15. The van der Waals surface area contributed by atoms with Crippen molar-refractivity contribution in [1.29, 1.82) is 0 Å². The Kier molecular flexibility index (Phi) is 6.42. The van der Waals surface area contributed by atoms with Gasteiger partial charge in [-0.15, -0.1) is 0 Å². The second kappa shape index (κ2) is 8.82. The molecule has 2 rings (SSSR count). The third kappa shape index (κ3) is 5.20. The van der Waals surface area contributed by atoms with Crippen molar-refractivity contribution in [2.75, 3.05) is 6.54 Å². The van der Waals surface area contributed by atoms with E-state index in [1.54, 1.807) is 0 Å². The summed E-state index contributed by atoms with van der Waals surface area (Å²) in [5, 5.41) is 2.71. The predicted molar refractivity (Wildman–Crippen MR) is 87.0 cm³/mol. The summed E-state index contributed by atoms with van der Waals surface area (Å²) in [5.41, 5.74) is 3.43. The van der Waals surface area contributed by atoms with Gasteiger partial charge >= 0.3 is 0 Å². The van der Waals surface area contributed by atoms with Gasteiger partial charge in [0.2, 0.25) is 6.41 Å². The van der Waals surface area contributed by atoms with Crippen LogP contribution in [0.5, 0.6) is 0 Å². The highest BCUT2D eigenvalue weighted by Gasteiger charge is 2.03. The van der Waals surface area contributed by atoms with Gasteiger partial charge < -0.3 is 10.1 Å². The molecule has 4 heteroatoms. The van der Waals surface area contributed by atoms with E-state index >= 15 is 0 Å². The quantitative estimate of drug-likeness (QED) is 0.787. The number of ether oxygens (including phenoxy) is 1. The van der Waals surface area contributed by atoms with E-state index in [-0.39, 0.29) is 0 Å². The first-order valence-electron chi connectivity index (χ1n) is 7.60. The van der Waals surface area contributed by atoms with Gasteiger partial charge in [-0.3, -0.25) is 9.78 Å². The van der Waals surface area contributed by atoms with Gasteiger partial charge in [0, 0.05) is 24.5 Å². The number of rotatable bonds is 7. The lowest BCUT2D eigenvalue weighted by atomic mass is 10.1. The fourth-order valence-corrected chi connectivity index (χ4v) is 2.23. The van der Waals surface area contributed by atoms with Crippen LogP contribution < -0.4 is 5.32 Å². The van der Waals surface area contributed by atoms with E-state index in [0.717, 1.165) is 42.6 Å². The molecule has 1 aliphatic rings.